The summed E-state index contributed by atoms with van der Waals surface area (Å²) in [5.41, 5.74) is 0.518. The van der Waals surface area contributed by atoms with Crippen molar-refractivity contribution in [2.75, 3.05) is 6.61 Å². The van der Waals surface area contributed by atoms with Gasteiger partial charge in [0.1, 0.15) is 6.61 Å². The molecule has 0 aliphatic carbocycles. The average molecular weight is 236 g/mol. The molecule has 3 nitrogen and oxygen atoms in total. The Morgan fingerprint density at radius 2 is 2.19 bits per heavy atom. The fraction of sp³-hybridized carbons (Fsp3) is 0.700. The monoisotopic (exact) mass is 236 g/mol. The summed E-state index contributed by atoms with van der Waals surface area (Å²) in [6.45, 7) is 2.67. The van der Waals surface area contributed by atoms with E-state index in [9.17, 15) is 13.2 Å². The highest BCUT2D eigenvalue weighted by Crippen LogP contribution is 2.15. The Morgan fingerprint density at radius 3 is 2.75 bits per heavy atom. The zero-order chi connectivity index (χ0) is 12.2. The van der Waals surface area contributed by atoms with Crippen LogP contribution in [0.3, 0.4) is 0 Å². The predicted octanol–water partition coefficient (Wildman–Crippen LogP) is 2.93. The maximum Gasteiger partial charge on any atom is 0.411 e. The molecule has 0 amide bonds. The van der Waals surface area contributed by atoms with Crippen molar-refractivity contribution in [3.05, 3.63) is 18.0 Å². The minimum absolute atomic E-state index is 0.108. The SMILES string of the molecule is CC[C@H](C)n1ccc(COCC(F)(F)F)n1. The molecule has 1 atom stereocenters. The van der Waals surface area contributed by atoms with Gasteiger partial charge in [-0.2, -0.15) is 18.3 Å². The molecule has 1 heterocycles. The number of rotatable bonds is 5. The maximum atomic E-state index is 11.8. The lowest BCUT2D eigenvalue weighted by Gasteiger charge is -2.08. The summed E-state index contributed by atoms with van der Waals surface area (Å²) in [5, 5.41) is 4.12. The molecule has 0 aliphatic rings. The summed E-state index contributed by atoms with van der Waals surface area (Å²) in [4.78, 5) is 0. The number of alkyl halides is 3. The van der Waals surface area contributed by atoms with Crippen LogP contribution in [-0.2, 0) is 11.3 Å². The first-order valence-electron chi connectivity index (χ1n) is 5.11. The molecule has 0 bridgehead atoms. The van der Waals surface area contributed by atoms with Crippen LogP contribution in [0.25, 0.3) is 0 Å². The van der Waals surface area contributed by atoms with E-state index in [0.29, 0.717) is 5.69 Å². The van der Waals surface area contributed by atoms with Crippen molar-refractivity contribution in [1.82, 2.24) is 9.78 Å². The molecular weight excluding hydrogens is 221 g/mol. The van der Waals surface area contributed by atoms with E-state index in [0.717, 1.165) is 6.42 Å². The summed E-state index contributed by atoms with van der Waals surface area (Å²) in [5.74, 6) is 0. The first-order valence-corrected chi connectivity index (χ1v) is 5.11. The molecule has 6 heteroatoms. The van der Waals surface area contributed by atoms with E-state index in [4.69, 9.17) is 0 Å². The average Bonchev–Trinajstić information content (AvgIpc) is 2.63. The van der Waals surface area contributed by atoms with Gasteiger partial charge in [-0.05, 0) is 19.4 Å². The van der Waals surface area contributed by atoms with Crippen molar-refractivity contribution in [2.45, 2.75) is 39.1 Å². The van der Waals surface area contributed by atoms with Crippen LogP contribution < -0.4 is 0 Å². The molecule has 0 spiro atoms. The quantitative estimate of drug-likeness (QED) is 0.786. The normalized spacial score (nSPS) is 14.1. The number of halogens is 3. The molecule has 0 unspecified atom stereocenters. The lowest BCUT2D eigenvalue weighted by molar-refractivity contribution is -0.176. The number of hydrogen-bond acceptors (Lipinski definition) is 2. The van der Waals surface area contributed by atoms with Crippen LogP contribution in [-0.4, -0.2) is 22.6 Å². The van der Waals surface area contributed by atoms with Crippen LogP contribution in [0.4, 0.5) is 13.2 Å². The molecule has 0 N–H and O–H groups in total. The van der Waals surface area contributed by atoms with Crippen LogP contribution in [0.2, 0.25) is 0 Å². The first-order chi connectivity index (χ1) is 7.42. The van der Waals surface area contributed by atoms with E-state index in [2.05, 4.69) is 9.84 Å². The van der Waals surface area contributed by atoms with Crippen molar-refractivity contribution in [3.63, 3.8) is 0 Å². The fourth-order valence-electron chi connectivity index (χ4n) is 1.16. The van der Waals surface area contributed by atoms with E-state index < -0.39 is 12.8 Å². The molecule has 0 saturated carbocycles. The van der Waals surface area contributed by atoms with Gasteiger partial charge in [0.05, 0.1) is 12.3 Å². The Hall–Kier alpha value is -1.04. The van der Waals surface area contributed by atoms with E-state index in [1.54, 1.807) is 16.9 Å². The van der Waals surface area contributed by atoms with Crippen LogP contribution >= 0.6 is 0 Å². The smallest absolute Gasteiger partial charge is 0.366 e. The van der Waals surface area contributed by atoms with Crippen molar-refractivity contribution in [2.24, 2.45) is 0 Å². The van der Waals surface area contributed by atoms with Gasteiger partial charge in [0.25, 0.3) is 0 Å². The van der Waals surface area contributed by atoms with Gasteiger partial charge in [-0.3, -0.25) is 4.68 Å². The molecule has 92 valence electrons. The molecular formula is C10H15F3N2O. The second-order valence-electron chi connectivity index (χ2n) is 3.65. The summed E-state index contributed by atoms with van der Waals surface area (Å²) < 4.78 is 41.6. The lowest BCUT2D eigenvalue weighted by atomic mass is 10.3. The van der Waals surface area contributed by atoms with Gasteiger partial charge in [-0.1, -0.05) is 6.92 Å². The molecule has 0 aliphatic heterocycles. The van der Waals surface area contributed by atoms with Gasteiger partial charge in [0.2, 0.25) is 0 Å². The molecule has 1 aromatic rings. The second-order valence-corrected chi connectivity index (χ2v) is 3.65. The van der Waals surface area contributed by atoms with Crippen LogP contribution in [0, 0.1) is 0 Å². The number of hydrogen-bond donors (Lipinski definition) is 0. The van der Waals surface area contributed by atoms with Gasteiger partial charge < -0.3 is 4.74 Å². The Labute approximate surface area is 92.2 Å². The molecule has 1 rings (SSSR count). The third kappa shape index (κ3) is 4.22. The topological polar surface area (TPSA) is 27.1 Å². The van der Waals surface area contributed by atoms with Gasteiger partial charge in [0, 0.05) is 12.2 Å². The third-order valence-electron chi connectivity index (χ3n) is 2.22. The van der Waals surface area contributed by atoms with Crippen LogP contribution in [0.15, 0.2) is 12.3 Å². The third-order valence-corrected chi connectivity index (χ3v) is 2.22. The van der Waals surface area contributed by atoms with Crippen molar-refractivity contribution in [3.8, 4) is 0 Å². The number of ether oxygens (including phenoxy) is 1. The van der Waals surface area contributed by atoms with Crippen LogP contribution in [0.1, 0.15) is 32.0 Å². The molecule has 16 heavy (non-hydrogen) atoms. The summed E-state index contributed by atoms with van der Waals surface area (Å²) >= 11 is 0. The predicted molar refractivity (Wildman–Crippen MR) is 52.9 cm³/mol. The Morgan fingerprint density at radius 1 is 1.50 bits per heavy atom. The van der Waals surface area contributed by atoms with Gasteiger partial charge in [-0.15, -0.1) is 0 Å². The van der Waals surface area contributed by atoms with E-state index in [1.165, 1.54) is 0 Å². The van der Waals surface area contributed by atoms with Crippen LogP contribution in [0.5, 0.6) is 0 Å². The molecule has 0 fully saturated rings. The number of nitrogens with zero attached hydrogens (tertiary/aromatic N) is 2. The summed E-state index contributed by atoms with van der Waals surface area (Å²) in [6.07, 6.45) is -1.61. The highest BCUT2D eigenvalue weighted by molar-refractivity contribution is 4.97. The molecule has 0 aromatic carbocycles. The lowest BCUT2D eigenvalue weighted by Crippen LogP contribution is -2.17. The molecule has 0 radical (unpaired) electrons. The minimum Gasteiger partial charge on any atom is -0.366 e. The van der Waals surface area contributed by atoms with Crippen molar-refractivity contribution in [1.29, 1.82) is 0 Å². The summed E-state index contributed by atoms with van der Waals surface area (Å²) in [6, 6.07) is 1.92. The van der Waals surface area contributed by atoms with Gasteiger partial charge >= 0.3 is 6.18 Å². The highest BCUT2D eigenvalue weighted by Gasteiger charge is 2.27. The molecule has 1 aromatic heterocycles. The van der Waals surface area contributed by atoms with Gasteiger partial charge in [-0.25, -0.2) is 0 Å². The van der Waals surface area contributed by atoms with Crippen molar-refractivity contribution >= 4 is 0 Å². The zero-order valence-corrected chi connectivity index (χ0v) is 9.29. The van der Waals surface area contributed by atoms with E-state index >= 15 is 0 Å². The zero-order valence-electron chi connectivity index (χ0n) is 9.29. The summed E-state index contributed by atoms with van der Waals surface area (Å²) in [7, 11) is 0. The highest BCUT2D eigenvalue weighted by atomic mass is 19.4. The van der Waals surface area contributed by atoms with E-state index in [1.807, 2.05) is 13.8 Å². The number of aromatic nitrogens is 2. The van der Waals surface area contributed by atoms with E-state index in [-0.39, 0.29) is 12.6 Å². The minimum atomic E-state index is -4.28. The standard InChI is InChI=1S/C10H15F3N2O/c1-3-8(2)15-5-4-9(14-15)6-16-7-10(11,12)13/h4-5,8H,3,6-7H2,1-2H3/t8-/m0/s1. The Kier molecular flexibility index (Phi) is 4.35. The maximum absolute atomic E-state index is 11.8. The molecule has 0 saturated heterocycles. The Bertz CT molecular complexity index is 322. The van der Waals surface area contributed by atoms with Gasteiger partial charge in [0.15, 0.2) is 0 Å². The first kappa shape index (κ1) is 13.0. The van der Waals surface area contributed by atoms with Crippen molar-refractivity contribution < 1.29 is 17.9 Å². The second kappa shape index (κ2) is 5.34. The Balaban J connectivity index is 2.41. The largest absolute Gasteiger partial charge is 0.411 e. The fourth-order valence-corrected chi connectivity index (χ4v) is 1.16.